The molecule has 74 valence electrons. The first-order chi connectivity index (χ1) is 6.25. The van der Waals surface area contributed by atoms with Crippen LogP contribution in [-0.2, 0) is 0 Å². The summed E-state index contributed by atoms with van der Waals surface area (Å²) in [6.45, 7) is 3.84. The second-order valence-corrected chi connectivity index (χ2v) is 3.02. The van der Waals surface area contributed by atoms with Gasteiger partial charge < -0.3 is 4.52 Å². The van der Waals surface area contributed by atoms with Gasteiger partial charge in [-0.15, -0.1) is 0 Å². The Morgan fingerprint density at radius 2 is 2.00 bits per heavy atom. The number of rotatable bonds is 1. The normalized spacial score (nSPS) is 9.57. The van der Waals surface area contributed by atoms with Gasteiger partial charge in [0.1, 0.15) is 0 Å². The Morgan fingerprint density at radius 1 is 1.21 bits per heavy atom. The largest absolute Gasteiger partial charge is 0.334 e. The molecule has 0 spiro atoms. The Morgan fingerprint density at radius 3 is 2.57 bits per heavy atom. The number of hydrogen-bond donors (Lipinski definition) is 0. The zero-order chi connectivity index (χ0) is 9.26. The van der Waals surface area contributed by atoms with Crippen LogP contribution in [0.1, 0.15) is 18.8 Å². The first-order valence-corrected chi connectivity index (χ1v) is 4.13. The summed E-state index contributed by atoms with van der Waals surface area (Å²) in [5.41, 5.74) is 2.16. The van der Waals surface area contributed by atoms with E-state index in [1.165, 1.54) is 5.56 Å². The molecule has 0 bridgehead atoms. The lowest BCUT2D eigenvalue weighted by atomic mass is 10.1. The van der Waals surface area contributed by atoms with E-state index in [4.69, 9.17) is 4.52 Å². The van der Waals surface area contributed by atoms with E-state index in [9.17, 15) is 0 Å². The number of nitrogens with zero attached hydrogens (tertiary/aromatic N) is 2. The lowest BCUT2D eigenvalue weighted by Crippen LogP contribution is -1.79. The van der Waals surface area contributed by atoms with Crippen molar-refractivity contribution in [3.05, 3.63) is 35.7 Å². The summed E-state index contributed by atoms with van der Waals surface area (Å²) >= 11 is 0. The maximum atomic E-state index is 5.04. The third-order valence-corrected chi connectivity index (χ3v) is 1.79. The van der Waals surface area contributed by atoms with Gasteiger partial charge in [-0.3, -0.25) is 0 Å². The standard InChI is InChI=1S/C10H10N2O.CH4/c1-7-4-3-5-9(6-7)10-11-8(2)12-13-10;/h3-6H,1-2H3;1H4. The summed E-state index contributed by atoms with van der Waals surface area (Å²) in [6, 6.07) is 7.99. The van der Waals surface area contributed by atoms with E-state index in [0.717, 1.165) is 5.56 Å². The molecule has 2 aromatic rings. The third-order valence-electron chi connectivity index (χ3n) is 1.79. The number of aromatic nitrogens is 2. The van der Waals surface area contributed by atoms with E-state index < -0.39 is 0 Å². The molecule has 0 amide bonds. The molecule has 2 rings (SSSR count). The van der Waals surface area contributed by atoms with Crippen LogP contribution in [0, 0.1) is 13.8 Å². The first kappa shape index (κ1) is 10.4. The van der Waals surface area contributed by atoms with Crippen LogP contribution >= 0.6 is 0 Å². The van der Waals surface area contributed by atoms with Crippen LogP contribution < -0.4 is 0 Å². The molecule has 0 radical (unpaired) electrons. The predicted octanol–water partition coefficient (Wildman–Crippen LogP) is 2.99. The highest BCUT2D eigenvalue weighted by Gasteiger charge is 2.04. The smallest absolute Gasteiger partial charge is 0.257 e. The molecule has 1 aromatic heterocycles. The van der Waals surface area contributed by atoms with E-state index in [1.807, 2.05) is 38.1 Å². The molecule has 1 heterocycles. The van der Waals surface area contributed by atoms with Gasteiger partial charge in [-0.1, -0.05) is 30.3 Å². The average molecular weight is 190 g/mol. The van der Waals surface area contributed by atoms with Gasteiger partial charge >= 0.3 is 0 Å². The quantitative estimate of drug-likeness (QED) is 0.693. The molecule has 0 aliphatic rings. The van der Waals surface area contributed by atoms with Gasteiger partial charge in [0.05, 0.1) is 0 Å². The minimum atomic E-state index is 0. The van der Waals surface area contributed by atoms with Crippen molar-refractivity contribution in [2.24, 2.45) is 0 Å². The van der Waals surface area contributed by atoms with E-state index in [0.29, 0.717) is 11.7 Å². The fourth-order valence-electron chi connectivity index (χ4n) is 1.19. The van der Waals surface area contributed by atoms with Crippen LogP contribution in [0.2, 0.25) is 0 Å². The van der Waals surface area contributed by atoms with Crippen molar-refractivity contribution < 1.29 is 4.52 Å². The maximum absolute atomic E-state index is 5.04. The molecule has 0 saturated heterocycles. The molecule has 3 nitrogen and oxygen atoms in total. The van der Waals surface area contributed by atoms with Gasteiger partial charge in [0.25, 0.3) is 5.89 Å². The van der Waals surface area contributed by atoms with Crippen molar-refractivity contribution in [3.8, 4) is 11.5 Å². The van der Waals surface area contributed by atoms with Crippen molar-refractivity contribution in [3.63, 3.8) is 0 Å². The Labute approximate surface area is 83.8 Å². The molecule has 0 aliphatic carbocycles. The molecule has 1 aromatic carbocycles. The zero-order valence-electron chi connectivity index (χ0n) is 7.61. The Hall–Kier alpha value is -1.64. The van der Waals surface area contributed by atoms with Crippen molar-refractivity contribution in [2.45, 2.75) is 21.3 Å². The second-order valence-electron chi connectivity index (χ2n) is 3.02. The van der Waals surface area contributed by atoms with Crippen molar-refractivity contribution >= 4 is 0 Å². The minimum absolute atomic E-state index is 0. The molecule has 0 fully saturated rings. The summed E-state index contributed by atoms with van der Waals surface area (Å²) in [4.78, 5) is 4.14. The number of aryl methyl sites for hydroxylation is 2. The molecule has 0 atom stereocenters. The number of hydrogen-bond acceptors (Lipinski definition) is 3. The monoisotopic (exact) mass is 190 g/mol. The molecule has 0 aliphatic heterocycles. The fourth-order valence-corrected chi connectivity index (χ4v) is 1.19. The molecular formula is C11H14N2O. The molecule has 0 N–H and O–H groups in total. The van der Waals surface area contributed by atoms with E-state index in [1.54, 1.807) is 0 Å². The van der Waals surface area contributed by atoms with Gasteiger partial charge in [-0.25, -0.2) is 0 Å². The molecule has 3 heteroatoms. The Balaban J connectivity index is 0.000000980. The van der Waals surface area contributed by atoms with Crippen molar-refractivity contribution in [2.75, 3.05) is 0 Å². The Bertz CT molecular complexity index is 421. The first-order valence-electron chi connectivity index (χ1n) is 4.13. The molecular weight excluding hydrogens is 176 g/mol. The summed E-state index contributed by atoms with van der Waals surface area (Å²) in [5.74, 6) is 1.25. The van der Waals surface area contributed by atoms with Crippen LogP contribution in [-0.4, -0.2) is 10.1 Å². The van der Waals surface area contributed by atoms with Crippen LogP contribution in [0.15, 0.2) is 28.8 Å². The zero-order valence-corrected chi connectivity index (χ0v) is 7.61. The average Bonchev–Trinajstić information content (AvgIpc) is 2.52. The second kappa shape index (κ2) is 4.05. The molecule has 0 saturated carbocycles. The van der Waals surface area contributed by atoms with Crippen LogP contribution in [0.5, 0.6) is 0 Å². The summed E-state index contributed by atoms with van der Waals surface area (Å²) in [5, 5.41) is 3.74. The van der Waals surface area contributed by atoms with Crippen molar-refractivity contribution in [1.82, 2.24) is 10.1 Å². The molecule has 14 heavy (non-hydrogen) atoms. The highest BCUT2D eigenvalue weighted by atomic mass is 16.5. The lowest BCUT2D eigenvalue weighted by molar-refractivity contribution is 0.425. The summed E-state index contributed by atoms with van der Waals surface area (Å²) in [7, 11) is 0. The SMILES string of the molecule is C.Cc1cccc(-c2nc(C)no2)c1. The third kappa shape index (κ3) is 1.99. The highest BCUT2D eigenvalue weighted by Crippen LogP contribution is 2.17. The van der Waals surface area contributed by atoms with Gasteiger partial charge in [0.15, 0.2) is 5.82 Å². The van der Waals surface area contributed by atoms with Gasteiger partial charge in [0.2, 0.25) is 0 Å². The minimum Gasteiger partial charge on any atom is -0.334 e. The van der Waals surface area contributed by atoms with E-state index in [2.05, 4.69) is 10.1 Å². The van der Waals surface area contributed by atoms with Gasteiger partial charge in [0, 0.05) is 5.56 Å². The fraction of sp³-hybridized carbons (Fsp3) is 0.273. The van der Waals surface area contributed by atoms with E-state index in [-0.39, 0.29) is 7.43 Å². The molecule has 0 unspecified atom stereocenters. The van der Waals surface area contributed by atoms with Crippen LogP contribution in [0.4, 0.5) is 0 Å². The topological polar surface area (TPSA) is 38.9 Å². The number of benzene rings is 1. The Kier molecular flexibility index (Phi) is 3.02. The summed E-state index contributed by atoms with van der Waals surface area (Å²) < 4.78 is 5.04. The summed E-state index contributed by atoms with van der Waals surface area (Å²) in [6.07, 6.45) is 0. The van der Waals surface area contributed by atoms with Crippen LogP contribution in [0.3, 0.4) is 0 Å². The predicted molar refractivity (Wildman–Crippen MR) is 55.9 cm³/mol. The van der Waals surface area contributed by atoms with Gasteiger partial charge in [-0.05, 0) is 26.0 Å². The van der Waals surface area contributed by atoms with Crippen LogP contribution in [0.25, 0.3) is 11.5 Å². The van der Waals surface area contributed by atoms with Crippen molar-refractivity contribution in [1.29, 1.82) is 0 Å². The van der Waals surface area contributed by atoms with E-state index >= 15 is 0 Å². The maximum Gasteiger partial charge on any atom is 0.257 e. The lowest BCUT2D eigenvalue weighted by Gasteiger charge is -1.94. The highest BCUT2D eigenvalue weighted by molar-refractivity contribution is 5.53. The van der Waals surface area contributed by atoms with Gasteiger partial charge in [-0.2, -0.15) is 4.98 Å².